The van der Waals surface area contributed by atoms with Gasteiger partial charge in [-0.2, -0.15) is 0 Å². The number of methoxy groups -OCH3 is 1. The number of nitrogens with one attached hydrogen (secondary N) is 2. The number of nitrogens with zero attached hydrogens (tertiary/aromatic N) is 5. The Hall–Kier alpha value is -3.05. The van der Waals surface area contributed by atoms with Gasteiger partial charge in [-0.25, -0.2) is 24.7 Å². The van der Waals surface area contributed by atoms with Crippen LogP contribution in [0.15, 0.2) is 12.4 Å². The molecule has 0 aliphatic carbocycles. The molecule has 30 heavy (non-hydrogen) atoms. The molecule has 0 saturated carbocycles. The summed E-state index contributed by atoms with van der Waals surface area (Å²) < 4.78 is 15.7. The zero-order valence-electron chi connectivity index (χ0n) is 16.9. The number of hydrogen-bond donors (Lipinski definition) is 2. The van der Waals surface area contributed by atoms with Crippen LogP contribution in [0.5, 0.6) is 0 Å². The molecule has 0 aromatic carbocycles. The van der Waals surface area contributed by atoms with Crippen molar-refractivity contribution < 1.29 is 19.0 Å². The molecule has 2 aliphatic heterocycles. The average Bonchev–Trinajstić information content (AvgIpc) is 2.91. The van der Waals surface area contributed by atoms with Crippen LogP contribution in [-0.4, -0.2) is 79.2 Å². The molecule has 2 aliphatic rings. The summed E-state index contributed by atoms with van der Waals surface area (Å²) in [5.41, 5.74) is 1.75. The molecule has 1 amide bonds. The largest absolute Gasteiger partial charge is 0.453 e. The molecule has 2 N–H and O–H groups in total. The molecule has 11 heteroatoms. The average molecular weight is 415 g/mol. The van der Waals surface area contributed by atoms with E-state index in [-0.39, 0.29) is 5.95 Å². The Bertz CT molecular complexity index is 872. The fourth-order valence-corrected chi connectivity index (χ4v) is 3.36. The molecule has 2 aromatic heterocycles. The van der Waals surface area contributed by atoms with Gasteiger partial charge in [-0.3, -0.25) is 5.32 Å². The Balaban J connectivity index is 1.69. The molecular formula is C19H25N7O4. The molecule has 4 rings (SSSR count). The smallest absolute Gasteiger partial charge is 0.413 e. The minimum atomic E-state index is -0.628. The lowest BCUT2D eigenvalue weighted by atomic mass is 10.1. The lowest BCUT2D eigenvalue weighted by molar-refractivity contribution is 0.122. The number of anilines is 3. The van der Waals surface area contributed by atoms with Crippen molar-refractivity contribution in [3.05, 3.63) is 18.0 Å². The Labute approximate surface area is 174 Å². The molecule has 2 aromatic rings. The van der Waals surface area contributed by atoms with Gasteiger partial charge in [-0.15, -0.1) is 0 Å². The van der Waals surface area contributed by atoms with Gasteiger partial charge in [-0.1, -0.05) is 0 Å². The van der Waals surface area contributed by atoms with E-state index in [9.17, 15) is 4.79 Å². The highest BCUT2D eigenvalue weighted by molar-refractivity contribution is 5.82. The van der Waals surface area contributed by atoms with Gasteiger partial charge in [0.25, 0.3) is 0 Å². The fourth-order valence-electron chi connectivity index (χ4n) is 3.36. The molecule has 0 bridgehead atoms. The van der Waals surface area contributed by atoms with Gasteiger partial charge in [0.1, 0.15) is 11.6 Å². The molecule has 160 valence electrons. The minimum absolute atomic E-state index is 0.150. The maximum atomic E-state index is 11.3. The molecule has 0 atom stereocenters. The maximum Gasteiger partial charge on any atom is 0.413 e. The van der Waals surface area contributed by atoms with Crippen LogP contribution in [0, 0.1) is 0 Å². The predicted molar refractivity (Wildman–Crippen MR) is 110 cm³/mol. The summed E-state index contributed by atoms with van der Waals surface area (Å²) >= 11 is 0. The van der Waals surface area contributed by atoms with Crippen molar-refractivity contribution in [3.63, 3.8) is 0 Å². The van der Waals surface area contributed by atoms with Crippen molar-refractivity contribution in [2.24, 2.45) is 0 Å². The third kappa shape index (κ3) is 4.74. The zero-order chi connectivity index (χ0) is 20.8. The summed E-state index contributed by atoms with van der Waals surface area (Å²) in [6, 6.07) is 0. The van der Waals surface area contributed by atoms with E-state index < -0.39 is 6.09 Å². The first-order valence-corrected chi connectivity index (χ1v) is 9.97. The fraction of sp³-hybridized carbons (Fsp3) is 0.526. The number of fused-ring (bicyclic) bond motifs is 1. The van der Waals surface area contributed by atoms with Gasteiger partial charge in [0.05, 0.1) is 32.5 Å². The van der Waals surface area contributed by atoms with Crippen molar-refractivity contribution >= 4 is 23.7 Å². The van der Waals surface area contributed by atoms with E-state index in [1.807, 2.05) is 0 Å². The van der Waals surface area contributed by atoms with Gasteiger partial charge in [0.2, 0.25) is 5.95 Å². The summed E-state index contributed by atoms with van der Waals surface area (Å²) in [6.07, 6.45) is 4.28. The quantitative estimate of drug-likeness (QED) is 0.758. The van der Waals surface area contributed by atoms with E-state index in [4.69, 9.17) is 19.4 Å². The van der Waals surface area contributed by atoms with Crippen LogP contribution < -0.4 is 15.5 Å². The lowest BCUT2D eigenvalue weighted by Crippen LogP contribution is -2.37. The SMILES string of the molecule is COC(=O)Nc1ncc(-c2nc3c(c(N4CCOCC4)n2)CCCOCCN3)cn1. The predicted octanol–water partition coefficient (Wildman–Crippen LogP) is 1.32. The highest BCUT2D eigenvalue weighted by atomic mass is 16.5. The molecule has 1 saturated heterocycles. The van der Waals surface area contributed by atoms with E-state index in [0.717, 1.165) is 43.1 Å². The van der Waals surface area contributed by atoms with E-state index in [1.54, 1.807) is 12.4 Å². The monoisotopic (exact) mass is 415 g/mol. The van der Waals surface area contributed by atoms with Crippen LogP contribution in [0.4, 0.5) is 22.4 Å². The van der Waals surface area contributed by atoms with Crippen LogP contribution in [0.3, 0.4) is 0 Å². The topological polar surface area (TPSA) is 124 Å². The highest BCUT2D eigenvalue weighted by Gasteiger charge is 2.22. The minimum Gasteiger partial charge on any atom is -0.453 e. The molecule has 0 unspecified atom stereocenters. The highest BCUT2D eigenvalue weighted by Crippen LogP contribution is 2.30. The molecule has 4 heterocycles. The van der Waals surface area contributed by atoms with E-state index in [0.29, 0.717) is 44.4 Å². The second-order valence-corrected chi connectivity index (χ2v) is 6.85. The van der Waals surface area contributed by atoms with Crippen LogP contribution in [0.1, 0.15) is 12.0 Å². The van der Waals surface area contributed by atoms with Gasteiger partial charge >= 0.3 is 6.09 Å². The first kappa shape index (κ1) is 20.2. The number of hydrogen-bond acceptors (Lipinski definition) is 10. The van der Waals surface area contributed by atoms with Gasteiger partial charge in [0.15, 0.2) is 5.82 Å². The molecule has 0 spiro atoms. The number of rotatable bonds is 3. The summed E-state index contributed by atoms with van der Waals surface area (Å²) in [6.45, 7) is 4.90. The number of carbonyl (C=O) groups excluding carboxylic acids is 1. The van der Waals surface area contributed by atoms with Crippen LogP contribution in [0.2, 0.25) is 0 Å². The van der Waals surface area contributed by atoms with Crippen molar-refractivity contribution in [1.82, 2.24) is 19.9 Å². The summed E-state index contributed by atoms with van der Waals surface area (Å²) in [4.78, 5) is 31.5. The summed E-state index contributed by atoms with van der Waals surface area (Å²) in [5, 5.41) is 5.82. The molecular weight excluding hydrogens is 390 g/mol. The number of aromatic nitrogens is 4. The Kier molecular flexibility index (Phi) is 6.50. The zero-order valence-corrected chi connectivity index (χ0v) is 16.9. The summed E-state index contributed by atoms with van der Waals surface area (Å²) in [7, 11) is 1.28. The number of carbonyl (C=O) groups is 1. The second-order valence-electron chi connectivity index (χ2n) is 6.85. The third-order valence-electron chi connectivity index (χ3n) is 4.86. The van der Waals surface area contributed by atoms with Gasteiger partial charge < -0.3 is 24.4 Å². The Morgan fingerprint density at radius 2 is 1.90 bits per heavy atom. The van der Waals surface area contributed by atoms with Gasteiger partial charge in [-0.05, 0) is 12.8 Å². The van der Waals surface area contributed by atoms with E-state index in [1.165, 1.54) is 7.11 Å². The first-order chi connectivity index (χ1) is 14.7. The molecule has 0 radical (unpaired) electrons. The lowest BCUT2D eigenvalue weighted by Gasteiger charge is -2.30. The van der Waals surface area contributed by atoms with Crippen LogP contribution in [-0.2, 0) is 20.6 Å². The third-order valence-corrected chi connectivity index (χ3v) is 4.86. The van der Waals surface area contributed by atoms with E-state index >= 15 is 0 Å². The van der Waals surface area contributed by atoms with Crippen molar-refractivity contribution in [2.45, 2.75) is 12.8 Å². The molecule has 11 nitrogen and oxygen atoms in total. The standard InChI is InChI=1S/C19H25N7O4/c1-28-19(27)25-18-21-11-13(12-22-18)15-23-16-14(3-2-7-29-8-4-20-16)17(24-15)26-5-9-30-10-6-26/h11-12H,2-10H2,1H3,(H,20,23,24)(H,21,22,25,27). The number of amides is 1. The van der Waals surface area contributed by atoms with Crippen LogP contribution >= 0.6 is 0 Å². The Morgan fingerprint density at radius 3 is 2.67 bits per heavy atom. The Morgan fingerprint density at radius 1 is 1.13 bits per heavy atom. The van der Waals surface area contributed by atoms with Crippen molar-refractivity contribution in [1.29, 1.82) is 0 Å². The number of morpholine rings is 1. The van der Waals surface area contributed by atoms with Crippen molar-refractivity contribution in [2.75, 3.05) is 68.7 Å². The summed E-state index contributed by atoms with van der Waals surface area (Å²) in [5.74, 6) is 2.39. The first-order valence-electron chi connectivity index (χ1n) is 9.97. The normalized spacial score (nSPS) is 17.0. The van der Waals surface area contributed by atoms with E-state index in [2.05, 4.69) is 30.2 Å². The second kappa shape index (κ2) is 9.63. The van der Waals surface area contributed by atoms with Gasteiger partial charge in [0, 0.05) is 44.2 Å². The van der Waals surface area contributed by atoms with Crippen molar-refractivity contribution in [3.8, 4) is 11.4 Å². The maximum absolute atomic E-state index is 11.3. The van der Waals surface area contributed by atoms with Crippen LogP contribution in [0.25, 0.3) is 11.4 Å². The number of ether oxygens (including phenoxy) is 3. The molecule has 1 fully saturated rings.